The fourth-order valence-corrected chi connectivity index (χ4v) is 4.84. The van der Waals surface area contributed by atoms with Crippen LogP contribution in [0, 0.1) is 6.92 Å². The second-order valence-electron chi connectivity index (χ2n) is 3.91. The molecule has 0 aliphatic carbocycles. The van der Waals surface area contributed by atoms with E-state index in [4.69, 9.17) is 23.2 Å². The van der Waals surface area contributed by atoms with Gasteiger partial charge in [-0.15, -0.1) is 0 Å². The Hall–Kier alpha value is -0.320. The molecular weight excluding hydrogens is 269 g/mol. The van der Waals surface area contributed by atoms with Crippen molar-refractivity contribution in [2.75, 3.05) is 0 Å². The second kappa shape index (κ2) is 3.86. The van der Waals surface area contributed by atoms with Crippen molar-refractivity contribution < 1.29 is 8.42 Å². The maximum Gasteiger partial charge on any atom is 0.161 e. The first kappa shape index (κ1) is 12.1. The Bertz CT molecular complexity index is 554. The molecule has 16 heavy (non-hydrogen) atoms. The van der Waals surface area contributed by atoms with E-state index >= 15 is 0 Å². The molecule has 0 amide bonds. The molecular formula is C10H11Cl2NO2S. The third kappa shape index (κ3) is 1.63. The Labute approximate surface area is 105 Å². The minimum absolute atomic E-state index is 0.0231. The van der Waals surface area contributed by atoms with Gasteiger partial charge in [-0.3, -0.25) is 0 Å². The Kier molecular flexibility index (Phi) is 2.93. The molecule has 1 aromatic heterocycles. The summed E-state index contributed by atoms with van der Waals surface area (Å²) in [4.78, 5) is 3.95. The van der Waals surface area contributed by atoms with E-state index in [-0.39, 0.29) is 10.9 Å². The molecule has 0 saturated carbocycles. The van der Waals surface area contributed by atoms with E-state index in [0.717, 1.165) is 11.1 Å². The van der Waals surface area contributed by atoms with Gasteiger partial charge in [-0.1, -0.05) is 30.1 Å². The highest BCUT2D eigenvalue weighted by atomic mass is 35.5. The van der Waals surface area contributed by atoms with E-state index in [1.165, 1.54) is 0 Å². The second-order valence-corrected chi connectivity index (χ2v) is 6.81. The average molecular weight is 280 g/mol. The van der Waals surface area contributed by atoms with Crippen LogP contribution in [0.3, 0.4) is 0 Å². The smallest absolute Gasteiger partial charge is 0.161 e. The number of fused-ring (bicyclic) bond motifs is 1. The quantitative estimate of drug-likeness (QED) is 0.743. The molecule has 6 heteroatoms. The molecule has 0 N–H and O–H groups in total. The van der Waals surface area contributed by atoms with Crippen LogP contribution < -0.4 is 0 Å². The van der Waals surface area contributed by atoms with Crippen molar-refractivity contribution in [3.63, 3.8) is 0 Å². The number of aromatic nitrogens is 1. The van der Waals surface area contributed by atoms with Crippen molar-refractivity contribution in [3.05, 3.63) is 27.0 Å². The molecule has 0 spiro atoms. The van der Waals surface area contributed by atoms with Crippen LogP contribution in [0.2, 0.25) is 10.3 Å². The first-order valence-corrected chi connectivity index (χ1v) is 7.41. The van der Waals surface area contributed by atoms with E-state index < -0.39 is 15.1 Å². The minimum Gasteiger partial charge on any atom is -0.228 e. The fraction of sp³-hybridized carbons (Fsp3) is 0.500. The van der Waals surface area contributed by atoms with E-state index in [0.29, 0.717) is 17.1 Å². The lowest BCUT2D eigenvalue weighted by Crippen LogP contribution is -2.06. The molecule has 1 unspecified atom stereocenters. The van der Waals surface area contributed by atoms with E-state index in [2.05, 4.69) is 4.98 Å². The highest BCUT2D eigenvalue weighted by Gasteiger charge is 2.39. The molecule has 1 atom stereocenters. The van der Waals surface area contributed by atoms with E-state index in [1.54, 1.807) is 6.92 Å². The van der Waals surface area contributed by atoms with Crippen molar-refractivity contribution in [2.45, 2.75) is 31.3 Å². The summed E-state index contributed by atoms with van der Waals surface area (Å²) in [6.45, 7) is 3.63. The SMILES string of the molecule is CCC1c2c(C)c(Cl)nc(Cl)c2CS1(=O)=O. The average Bonchev–Trinajstić information content (AvgIpc) is 2.46. The third-order valence-corrected chi connectivity index (χ3v) is 5.76. The van der Waals surface area contributed by atoms with Crippen LogP contribution in [0.1, 0.15) is 35.3 Å². The highest BCUT2D eigenvalue weighted by Crippen LogP contribution is 2.44. The first-order chi connectivity index (χ1) is 7.38. The van der Waals surface area contributed by atoms with Gasteiger partial charge in [0.1, 0.15) is 10.3 Å². The summed E-state index contributed by atoms with van der Waals surface area (Å²) in [5, 5.41) is 0.0184. The molecule has 0 aromatic carbocycles. The molecule has 0 bridgehead atoms. The molecule has 0 radical (unpaired) electrons. The third-order valence-electron chi connectivity index (χ3n) is 2.96. The Balaban J connectivity index is 2.78. The molecule has 1 aromatic rings. The zero-order valence-corrected chi connectivity index (χ0v) is 11.2. The van der Waals surface area contributed by atoms with Crippen LogP contribution in [0.25, 0.3) is 0 Å². The highest BCUT2D eigenvalue weighted by molar-refractivity contribution is 7.91. The summed E-state index contributed by atoms with van der Waals surface area (Å²) < 4.78 is 23.9. The van der Waals surface area contributed by atoms with Gasteiger partial charge in [-0.25, -0.2) is 13.4 Å². The summed E-state index contributed by atoms with van der Waals surface area (Å²) in [7, 11) is -3.14. The van der Waals surface area contributed by atoms with Gasteiger partial charge in [0.15, 0.2) is 9.84 Å². The van der Waals surface area contributed by atoms with Crippen LogP contribution in [0.4, 0.5) is 0 Å². The number of hydrogen-bond donors (Lipinski definition) is 0. The van der Waals surface area contributed by atoms with Crippen LogP contribution in [0.5, 0.6) is 0 Å². The van der Waals surface area contributed by atoms with Crippen LogP contribution in [0.15, 0.2) is 0 Å². The predicted octanol–water partition coefficient (Wildman–Crippen LogP) is 3.08. The molecule has 2 rings (SSSR count). The number of hydrogen-bond acceptors (Lipinski definition) is 3. The normalized spacial score (nSPS) is 22.1. The van der Waals surface area contributed by atoms with Crippen LogP contribution in [-0.4, -0.2) is 13.4 Å². The number of nitrogens with zero attached hydrogens (tertiary/aromatic N) is 1. The molecule has 88 valence electrons. The van der Waals surface area contributed by atoms with Crippen molar-refractivity contribution in [3.8, 4) is 0 Å². The summed E-state index contributed by atoms with van der Waals surface area (Å²) in [5.41, 5.74) is 2.11. The zero-order chi connectivity index (χ0) is 12.1. The summed E-state index contributed by atoms with van der Waals surface area (Å²) in [6.07, 6.45) is 0.535. The Morgan fingerprint density at radius 3 is 2.56 bits per heavy atom. The van der Waals surface area contributed by atoms with Crippen molar-refractivity contribution in [1.29, 1.82) is 0 Å². The van der Waals surface area contributed by atoms with Crippen LogP contribution >= 0.6 is 23.2 Å². The summed E-state index contributed by atoms with van der Waals surface area (Å²) in [6, 6.07) is 0. The van der Waals surface area contributed by atoms with Crippen molar-refractivity contribution in [2.24, 2.45) is 0 Å². The Morgan fingerprint density at radius 2 is 2.00 bits per heavy atom. The summed E-state index contributed by atoms with van der Waals surface area (Å²) in [5.74, 6) is -0.0231. The minimum atomic E-state index is -3.14. The van der Waals surface area contributed by atoms with Gasteiger partial charge in [0.2, 0.25) is 0 Å². The number of sulfone groups is 1. The molecule has 3 nitrogen and oxygen atoms in total. The zero-order valence-electron chi connectivity index (χ0n) is 8.92. The number of rotatable bonds is 1. The lowest BCUT2D eigenvalue weighted by atomic mass is 10.0. The monoisotopic (exact) mass is 279 g/mol. The standard InChI is InChI=1S/C10H11Cl2NO2S/c1-3-7-8-5(2)9(11)13-10(12)6(8)4-16(7,14)15/h7H,3-4H2,1-2H3. The van der Waals surface area contributed by atoms with Gasteiger partial charge < -0.3 is 0 Å². The maximum atomic E-state index is 11.9. The Morgan fingerprint density at radius 1 is 1.38 bits per heavy atom. The maximum absolute atomic E-state index is 11.9. The van der Waals surface area contributed by atoms with Gasteiger partial charge in [0, 0.05) is 5.56 Å². The molecule has 1 aliphatic heterocycles. The number of halogens is 2. The topological polar surface area (TPSA) is 47.0 Å². The largest absolute Gasteiger partial charge is 0.228 e. The van der Waals surface area contributed by atoms with Crippen molar-refractivity contribution in [1.82, 2.24) is 4.98 Å². The molecule has 0 fully saturated rings. The molecule has 0 saturated heterocycles. The number of pyridine rings is 1. The molecule has 2 heterocycles. The van der Waals surface area contributed by atoms with Gasteiger partial charge in [0.05, 0.1) is 11.0 Å². The van der Waals surface area contributed by atoms with Gasteiger partial charge in [0.25, 0.3) is 0 Å². The van der Waals surface area contributed by atoms with Crippen LogP contribution in [-0.2, 0) is 15.6 Å². The molecule has 1 aliphatic rings. The fourth-order valence-electron chi connectivity index (χ4n) is 2.20. The van der Waals surface area contributed by atoms with Gasteiger partial charge >= 0.3 is 0 Å². The van der Waals surface area contributed by atoms with E-state index in [1.807, 2.05) is 6.92 Å². The summed E-state index contributed by atoms with van der Waals surface area (Å²) >= 11 is 11.9. The van der Waals surface area contributed by atoms with Crippen molar-refractivity contribution >= 4 is 33.0 Å². The first-order valence-electron chi connectivity index (χ1n) is 4.94. The predicted molar refractivity (Wildman–Crippen MR) is 64.6 cm³/mol. The van der Waals surface area contributed by atoms with Gasteiger partial charge in [-0.05, 0) is 24.5 Å². The van der Waals surface area contributed by atoms with E-state index in [9.17, 15) is 8.42 Å². The lowest BCUT2D eigenvalue weighted by Gasteiger charge is -2.12. The lowest BCUT2D eigenvalue weighted by molar-refractivity contribution is 0.584. The van der Waals surface area contributed by atoms with Gasteiger partial charge in [-0.2, -0.15) is 0 Å².